The monoisotopic (exact) mass is 256 g/mol. The topological polar surface area (TPSA) is 49.9 Å². The highest BCUT2D eigenvalue weighted by Crippen LogP contribution is 2.11. The summed E-state index contributed by atoms with van der Waals surface area (Å²) in [6, 6.07) is 8.07. The molecule has 0 aliphatic heterocycles. The van der Waals surface area contributed by atoms with Gasteiger partial charge in [-0.1, -0.05) is 41.9 Å². The highest BCUT2D eigenvalue weighted by Gasteiger charge is 1.93. The Bertz CT molecular complexity index is 292. The molecule has 0 saturated carbocycles. The molecule has 0 fully saturated rings. The van der Waals surface area contributed by atoms with Gasteiger partial charge < -0.3 is 11.1 Å². The summed E-state index contributed by atoms with van der Waals surface area (Å²) in [5, 5.41) is 7.31. The van der Waals surface area contributed by atoms with Crippen LogP contribution in [-0.4, -0.2) is 11.8 Å². The van der Waals surface area contributed by atoms with E-state index in [1.54, 1.807) is 6.92 Å². The lowest BCUT2D eigenvalue weighted by Gasteiger charge is -1.96. The van der Waals surface area contributed by atoms with Crippen LogP contribution in [0.15, 0.2) is 28.7 Å². The van der Waals surface area contributed by atoms with E-state index in [1.165, 1.54) is 0 Å². The molecule has 0 radical (unpaired) electrons. The summed E-state index contributed by atoms with van der Waals surface area (Å²) in [6.07, 6.45) is 0. The third kappa shape index (κ3) is 6.80. The summed E-state index contributed by atoms with van der Waals surface area (Å²) in [7, 11) is 0. The van der Waals surface area contributed by atoms with Gasteiger partial charge in [0.1, 0.15) is 0 Å². The predicted octanol–water partition coefficient (Wildman–Crippen LogP) is 3.19. The summed E-state index contributed by atoms with van der Waals surface area (Å²) in [4.78, 5) is 0. The number of rotatable bonds is 1. The van der Waals surface area contributed by atoms with Crippen LogP contribution in [0.5, 0.6) is 0 Å². The number of hydrogen-bond acceptors (Lipinski definition) is 2. The Morgan fingerprint density at radius 3 is 2.21 bits per heavy atom. The number of nitrogens with one attached hydrogen (secondary N) is 1. The summed E-state index contributed by atoms with van der Waals surface area (Å²) in [5.74, 6) is 0. The van der Waals surface area contributed by atoms with Crippen LogP contribution in [0.2, 0.25) is 0 Å². The maximum atomic E-state index is 7.31. The summed E-state index contributed by atoms with van der Waals surface area (Å²) >= 11 is 3.33. The van der Waals surface area contributed by atoms with Crippen molar-refractivity contribution < 1.29 is 0 Å². The molecule has 0 amide bonds. The van der Waals surface area contributed by atoms with Crippen molar-refractivity contribution >= 4 is 21.6 Å². The molecule has 0 atom stereocenters. The molecule has 1 aromatic rings. The second-order valence-corrected chi connectivity index (χ2v) is 4.30. The molecule has 2 nitrogen and oxygen atoms in total. The molecule has 0 spiro atoms. The molecule has 0 bridgehead atoms. The summed E-state index contributed by atoms with van der Waals surface area (Å²) < 4.78 is 1.02. The minimum Gasteiger partial charge on any atom is -0.328 e. The number of benzene rings is 1. The normalized spacial score (nSPS) is 9.29. The molecule has 0 aliphatic carbocycles. The van der Waals surface area contributed by atoms with Gasteiger partial charge in [0.2, 0.25) is 0 Å². The first-order valence-electron chi connectivity index (χ1n) is 4.50. The van der Waals surface area contributed by atoms with Gasteiger partial charge in [0.15, 0.2) is 0 Å². The van der Waals surface area contributed by atoms with Crippen molar-refractivity contribution in [2.45, 2.75) is 26.8 Å². The lowest BCUT2D eigenvalue weighted by Crippen LogP contribution is -2.06. The fraction of sp³-hybridized carbons (Fsp3) is 0.364. The van der Waals surface area contributed by atoms with Crippen molar-refractivity contribution in [1.29, 1.82) is 5.41 Å². The van der Waals surface area contributed by atoms with Crippen molar-refractivity contribution in [3.05, 3.63) is 34.3 Å². The largest absolute Gasteiger partial charge is 0.328 e. The molecule has 0 heterocycles. The molecule has 0 aliphatic rings. The molecule has 0 saturated heterocycles. The standard InChI is InChI=1S/C8H8BrN.C3H9N/c1-6(10)7-3-2-4-8(9)5-7;1-3(2)4/h2-5,10H,1H3;3H,4H2,1-2H3. The van der Waals surface area contributed by atoms with E-state index in [2.05, 4.69) is 15.9 Å². The number of halogens is 1. The van der Waals surface area contributed by atoms with Gasteiger partial charge in [-0.05, 0) is 30.7 Å². The molecule has 1 rings (SSSR count). The van der Waals surface area contributed by atoms with Crippen LogP contribution in [0, 0.1) is 5.41 Å². The van der Waals surface area contributed by atoms with Crippen LogP contribution in [0.25, 0.3) is 0 Å². The maximum Gasteiger partial charge on any atom is 0.0355 e. The van der Waals surface area contributed by atoms with E-state index in [9.17, 15) is 0 Å². The molecule has 3 heteroatoms. The molecule has 0 unspecified atom stereocenters. The summed E-state index contributed by atoms with van der Waals surface area (Å²) in [5.41, 5.74) is 6.68. The average Bonchev–Trinajstić information content (AvgIpc) is 2.03. The van der Waals surface area contributed by atoms with Gasteiger partial charge in [0.25, 0.3) is 0 Å². The molecule has 0 aromatic heterocycles. The van der Waals surface area contributed by atoms with E-state index >= 15 is 0 Å². The van der Waals surface area contributed by atoms with Gasteiger partial charge >= 0.3 is 0 Å². The number of hydrogen-bond donors (Lipinski definition) is 2. The molecule has 78 valence electrons. The molecule has 14 heavy (non-hydrogen) atoms. The molecular formula is C11H17BrN2. The first-order chi connectivity index (χ1) is 6.43. The SMILES string of the molecule is CC(=N)c1cccc(Br)c1.CC(C)N. The van der Waals surface area contributed by atoms with Crippen molar-refractivity contribution in [1.82, 2.24) is 0 Å². The van der Waals surface area contributed by atoms with Crippen molar-refractivity contribution in [3.63, 3.8) is 0 Å². The first-order valence-corrected chi connectivity index (χ1v) is 5.29. The first kappa shape index (κ1) is 13.3. The zero-order valence-corrected chi connectivity index (χ0v) is 10.4. The lowest BCUT2D eigenvalue weighted by molar-refractivity contribution is 0.834. The van der Waals surface area contributed by atoms with Crippen LogP contribution in [0.1, 0.15) is 26.3 Å². The van der Waals surface area contributed by atoms with Gasteiger partial charge in [-0.15, -0.1) is 0 Å². The van der Waals surface area contributed by atoms with Gasteiger partial charge in [0.05, 0.1) is 0 Å². The fourth-order valence-corrected chi connectivity index (χ4v) is 1.12. The van der Waals surface area contributed by atoms with Gasteiger partial charge in [0, 0.05) is 10.2 Å². The zero-order chi connectivity index (χ0) is 11.1. The Labute approximate surface area is 94.2 Å². The zero-order valence-electron chi connectivity index (χ0n) is 8.84. The third-order valence-corrected chi connectivity index (χ3v) is 1.75. The highest BCUT2D eigenvalue weighted by molar-refractivity contribution is 9.10. The van der Waals surface area contributed by atoms with Crippen LogP contribution in [0.4, 0.5) is 0 Å². The van der Waals surface area contributed by atoms with Crippen molar-refractivity contribution in [3.8, 4) is 0 Å². The number of nitrogens with two attached hydrogens (primary N) is 1. The van der Waals surface area contributed by atoms with Gasteiger partial charge in [-0.3, -0.25) is 0 Å². The molecular weight excluding hydrogens is 240 g/mol. The van der Waals surface area contributed by atoms with E-state index in [0.717, 1.165) is 10.0 Å². The van der Waals surface area contributed by atoms with Crippen molar-refractivity contribution in [2.75, 3.05) is 0 Å². The van der Waals surface area contributed by atoms with E-state index in [4.69, 9.17) is 11.1 Å². The second-order valence-electron chi connectivity index (χ2n) is 3.38. The van der Waals surface area contributed by atoms with E-state index in [-0.39, 0.29) is 0 Å². The predicted molar refractivity (Wildman–Crippen MR) is 66.0 cm³/mol. The smallest absolute Gasteiger partial charge is 0.0355 e. The minimum atomic E-state index is 0.333. The average molecular weight is 257 g/mol. The Kier molecular flexibility index (Phi) is 6.41. The highest BCUT2D eigenvalue weighted by atomic mass is 79.9. The molecule has 1 aromatic carbocycles. The van der Waals surface area contributed by atoms with E-state index in [1.807, 2.05) is 38.1 Å². The maximum absolute atomic E-state index is 7.31. The van der Waals surface area contributed by atoms with Crippen LogP contribution >= 0.6 is 15.9 Å². The second kappa shape index (κ2) is 6.74. The van der Waals surface area contributed by atoms with E-state index < -0.39 is 0 Å². The van der Waals surface area contributed by atoms with E-state index in [0.29, 0.717) is 11.8 Å². The quantitative estimate of drug-likeness (QED) is 0.746. The van der Waals surface area contributed by atoms with Gasteiger partial charge in [-0.25, -0.2) is 0 Å². The third-order valence-electron chi connectivity index (χ3n) is 1.26. The Balaban J connectivity index is 0.000000364. The fourth-order valence-electron chi connectivity index (χ4n) is 0.722. The minimum absolute atomic E-state index is 0.333. The molecule has 3 N–H and O–H groups in total. The Morgan fingerprint density at radius 2 is 1.93 bits per heavy atom. The Morgan fingerprint density at radius 1 is 1.43 bits per heavy atom. The van der Waals surface area contributed by atoms with Gasteiger partial charge in [-0.2, -0.15) is 0 Å². The Hall–Kier alpha value is -0.670. The van der Waals surface area contributed by atoms with Crippen LogP contribution < -0.4 is 5.73 Å². The van der Waals surface area contributed by atoms with Crippen LogP contribution in [0.3, 0.4) is 0 Å². The lowest BCUT2D eigenvalue weighted by atomic mass is 10.1. The van der Waals surface area contributed by atoms with Crippen molar-refractivity contribution in [2.24, 2.45) is 5.73 Å². The van der Waals surface area contributed by atoms with Crippen LogP contribution in [-0.2, 0) is 0 Å². The summed E-state index contributed by atoms with van der Waals surface area (Å²) in [6.45, 7) is 5.67.